The Balaban J connectivity index is 2.48. The van der Waals surface area contributed by atoms with Crippen LogP contribution in [0.1, 0.15) is 11.1 Å². The van der Waals surface area contributed by atoms with Crippen LogP contribution in [0.5, 0.6) is 0 Å². The average molecular weight is 307 g/mol. The standard InChI is InChI=1S/C14H20F3NO3/c1-10-3-4-11(7-13(10)14(15,16)17)18-8-12(19)9-21-6-5-20-2/h3-4,7,12,18-19H,5-6,8-9H2,1-2H3. The van der Waals surface area contributed by atoms with E-state index in [9.17, 15) is 18.3 Å². The maximum absolute atomic E-state index is 12.8. The predicted octanol–water partition coefficient (Wildman–Crippen LogP) is 2.45. The Morgan fingerprint density at radius 1 is 1.29 bits per heavy atom. The van der Waals surface area contributed by atoms with Crippen molar-refractivity contribution in [1.82, 2.24) is 0 Å². The molecule has 0 bridgehead atoms. The lowest BCUT2D eigenvalue weighted by molar-refractivity contribution is -0.138. The van der Waals surface area contributed by atoms with Crippen LogP contribution in [0, 0.1) is 6.92 Å². The minimum absolute atomic E-state index is 0.0916. The van der Waals surface area contributed by atoms with Crippen LogP contribution in [0.3, 0.4) is 0 Å². The van der Waals surface area contributed by atoms with Gasteiger partial charge in [-0.3, -0.25) is 0 Å². The molecule has 1 aromatic rings. The largest absolute Gasteiger partial charge is 0.416 e. The SMILES string of the molecule is COCCOCC(O)CNc1ccc(C)c(C(F)(F)F)c1. The molecule has 0 saturated carbocycles. The van der Waals surface area contributed by atoms with E-state index in [-0.39, 0.29) is 18.7 Å². The highest BCUT2D eigenvalue weighted by Crippen LogP contribution is 2.33. The smallest absolute Gasteiger partial charge is 0.389 e. The summed E-state index contributed by atoms with van der Waals surface area (Å²) >= 11 is 0. The first kappa shape index (κ1) is 17.7. The molecular formula is C14H20F3NO3. The van der Waals surface area contributed by atoms with Gasteiger partial charge in [0.05, 0.1) is 31.5 Å². The molecule has 2 N–H and O–H groups in total. The molecule has 0 aliphatic rings. The molecule has 0 heterocycles. The van der Waals surface area contributed by atoms with Crippen LogP contribution in [0.4, 0.5) is 18.9 Å². The van der Waals surface area contributed by atoms with Crippen LogP contribution >= 0.6 is 0 Å². The zero-order valence-corrected chi connectivity index (χ0v) is 12.0. The summed E-state index contributed by atoms with van der Waals surface area (Å²) in [5, 5.41) is 12.4. The first-order valence-electron chi connectivity index (χ1n) is 6.51. The topological polar surface area (TPSA) is 50.7 Å². The molecule has 0 saturated heterocycles. The number of benzene rings is 1. The van der Waals surface area contributed by atoms with E-state index in [4.69, 9.17) is 9.47 Å². The summed E-state index contributed by atoms with van der Waals surface area (Å²) < 4.78 is 48.2. The second-order valence-electron chi connectivity index (χ2n) is 4.63. The number of anilines is 1. The van der Waals surface area contributed by atoms with Crippen molar-refractivity contribution >= 4 is 5.69 Å². The zero-order valence-electron chi connectivity index (χ0n) is 12.0. The molecule has 21 heavy (non-hydrogen) atoms. The highest BCUT2D eigenvalue weighted by atomic mass is 19.4. The van der Waals surface area contributed by atoms with Crippen LogP contribution in [0.25, 0.3) is 0 Å². The number of aryl methyl sites for hydroxylation is 1. The van der Waals surface area contributed by atoms with Gasteiger partial charge in [0, 0.05) is 19.3 Å². The Morgan fingerprint density at radius 2 is 2.00 bits per heavy atom. The van der Waals surface area contributed by atoms with Gasteiger partial charge in [-0.1, -0.05) is 6.07 Å². The summed E-state index contributed by atoms with van der Waals surface area (Å²) in [6, 6.07) is 3.98. The third kappa shape index (κ3) is 6.33. The fraction of sp³-hybridized carbons (Fsp3) is 0.571. The Labute approximate surface area is 121 Å². The molecule has 7 heteroatoms. The molecule has 0 radical (unpaired) electrons. The van der Waals surface area contributed by atoms with E-state index in [1.165, 1.54) is 20.1 Å². The Morgan fingerprint density at radius 3 is 2.62 bits per heavy atom. The normalized spacial score (nSPS) is 13.2. The monoisotopic (exact) mass is 307 g/mol. The molecule has 1 atom stereocenters. The minimum atomic E-state index is -4.39. The van der Waals surface area contributed by atoms with E-state index in [1.54, 1.807) is 6.07 Å². The van der Waals surface area contributed by atoms with E-state index in [1.807, 2.05) is 0 Å². The lowest BCUT2D eigenvalue weighted by atomic mass is 10.1. The Kier molecular flexibility index (Phi) is 6.94. The van der Waals surface area contributed by atoms with E-state index in [2.05, 4.69) is 5.32 Å². The van der Waals surface area contributed by atoms with Crippen LogP contribution in [0.2, 0.25) is 0 Å². The molecule has 4 nitrogen and oxygen atoms in total. The van der Waals surface area contributed by atoms with Crippen molar-refractivity contribution < 1.29 is 27.8 Å². The van der Waals surface area contributed by atoms with Gasteiger partial charge in [-0.05, 0) is 24.6 Å². The van der Waals surface area contributed by atoms with E-state index >= 15 is 0 Å². The van der Waals surface area contributed by atoms with Crippen molar-refractivity contribution in [3.8, 4) is 0 Å². The molecular weight excluding hydrogens is 287 g/mol. The number of methoxy groups -OCH3 is 1. The highest BCUT2D eigenvalue weighted by Gasteiger charge is 2.32. The third-order valence-corrected chi connectivity index (χ3v) is 2.83. The molecule has 0 amide bonds. The fourth-order valence-corrected chi connectivity index (χ4v) is 1.69. The first-order valence-corrected chi connectivity index (χ1v) is 6.51. The van der Waals surface area contributed by atoms with Crippen LogP contribution < -0.4 is 5.32 Å². The summed E-state index contributed by atoms with van der Waals surface area (Å²) in [5.41, 5.74) is -0.210. The second-order valence-corrected chi connectivity index (χ2v) is 4.63. The van der Waals surface area contributed by atoms with Crippen LogP contribution in [-0.2, 0) is 15.7 Å². The number of rotatable bonds is 8. The molecule has 0 fully saturated rings. The molecule has 1 unspecified atom stereocenters. The Hall–Kier alpha value is -1.31. The summed E-state index contributed by atoms with van der Waals surface area (Å²) in [7, 11) is 1.54. The minimum Gasteiger partial charge on any atom is -0.389 e. The summed E-state index contributed by atoms with van der Waals surface area (Å²) in [5.74, 6) is 0. The van der Waals surface area contributed by atoms with E-state index in [0.29, 0.717) is 18.9 Å². The molecule has 0 aliphatic carbocycles. The Bertz CT molecular complexity index is 438. The quantitative estimate of drug-likeness (QED) is 0.724. The first-order chi connectivity index (χ1) is 9.84. The van der Waals surface area contributed by atoms with Gasteiger partial charge in [-0.15, -0.1) is 0 Å². The van der Waals surface area contributed by atoms with Crippen molar-refractivity contribution in [3.63, 3.8) is 0 Å². The van der Waals surface area contributed by atoms with Crippen molar-refractivity contribution in [1.29, 1.82) is 0 Å². The predicted molar refractivity (Wildman–Crippen MR) is 73.4 cm³/mol. The van der Waals surface area contributed by atoms with Gasteiger partial charge in [-0.25, -0.2) is 0 Å². The number of halogens is 3. The average Bonchev–Trinajstić information content (AvgIpc) is 2.41. The van der Waals surface area contributed by atoms with Gasteiger partial charge >= 0.3 is 6.18 Å². The van der Waals surface area contributed by atoms with E-state index < -0.39 is 17.8 Å². The fourth-order valence-electron chi connectivity index (χ4n) is 1.69. The maximum Gasteiger partial charge on any atom is 0.416 e. The maximum atomic E-state index is 12.8. The number of hydrogen-bond donors (Lipinski definition) is 2. The molecule has 0 spiro atoms. The van der Waals surface area contributed by atoms with Crippen LogP contribution in [-0.4, -0.2) is 44.7 Å². The molecule has 120 valence electrons. The van der Waals surface area contributed by atoms with Gasteiger partial charge in [-0.2, -0.15) is 13.2 Å². The number of ether oxygens (including phenoxy) is 2. The number of nitrogens with one attached hydrogen (secondary N) is 1. The van der Waals surface area contributed by atoms with E-state index in [0.717, 1.165) is 6.07 Å². The number of alkyl halides is 3. The zero-order chi connectivity index (χ0) is 15.9. The van der Waals surface area contributed by atoms with Gasteiger partial charge in [0.15, 0.2) is 0 Å². The van der Waals surface area contributed by atoms with Gasteiger partial charge < -0.3 is 19.9 Å². The summed E-state index contributed by atoms with van der Waals surface area (Å²) in [6.45, 7) is 2.39. The van der Waals surface area contributed by atoms with Crippen molar-refractivity contribution in [2.24, 2.45) is 0 Å². The molecule has 0 aromatic heterocycles. The summed E-state index contributed by atoms with van der Waals surface area (Å²) in [4.78, 5) is 0. The van der Waals surface area contributed by atoms with Crippen molar-refractivity contribution in [3.05, 3.63) is 29.3 Å². The molecule has 1 aromatic carbocycles. The highest BCUT2D eigenvalue weighted by molar-refractivity contribution is 5.49. The lowest BCUT2D eigenvalue weighted by Crippen LogP contribution is -2.25. The number of aliphatic hydroxyl groups is 1. The van der Waals surface area contributed by atoms with Crippen molar-refractivity contribution in [2.45, 2.75) is 19.2 Å². The van der Waals surface area contributed by atoms with Crippen molar-refractivity contribution in [2.75, 3.05) is 38.8 Å². The third-order valence-electron chi connectivity index (χ3n) is 2.83. The summed E-state index contributed by atoms with van der Waals surface area (Å²) in [6.07, 6.45) is -5.19. The number of aliphatic hydroxyl groups excluding tert-OH is 1. The number of hydrogen-bond acceptors (Lipinski definition) is 4. The van der Waals surface area contributed by atoms with Gasteiger partial charge in [0.1, 0.15) is 0 Å². The second kappa shape index (κ2) is 8.21. The lowest BCUT2D eigenvalue weighted by Gasteiger charge is -2.15. The van der Waals surface area contributed by atoms with Gasteiger partial charge in [0.2, 0.25) is 0 Å². The van der Waals surface area contributed by atoms with Gasteiger partial charge in [0.25, 0.3) is 0 Å². The molecule has 1 rings (SSSR count). The molecule has 0 aliphatic heterocycles. The van der Waals surface area contributed by atoms with Crippen LogP contribution in [0.15, 0.2) is 18.2 Å².